The molecule has 1 aromatic rings. The van der Waals surface area contributed by atoms with E-state index in [4.69, 9.17) is 0 Å². The molecule has 0 saturated heterocycles. The van der Waals surface area contributed by atoms with Gasteiger partial charge in [0.1, 0.15) is 4.60 Å². The molecule has 0 bridgehead atoms. The van der Waals surface area contributed by atoms with Gasteiger partial charge >= 0.3 is 0 Å². The number of aromatic nitrogens is 1. The van der Waals surface area contributed by atoms with E-state index in [0.717, 1.165) is 23.4 Å². The molecular weight excluding hydrogens is 264 g/mol. The predicted molar refractivity (Wildman–Crippen MR) is 70.2 cm³/mol. The first-order valence-corrected chi connectivity index (χ1v) is 6.86. The summed E-state index contributed by atoms with van der Waals surface area (Å²) in [6, 6.07) is 6.06. The summed E-state index contributed by atoms with van der Waals surface area (Å²) in [6.07, 6.45) is 5.49. The maximum atomic E-state index is 4.42. The fourth-order valence-electron chi connectivity index (χ4n) is 2.34. The van der Waals surface area contributed by atoms with E-state index < -0.39 is 0 Å². The lowest BCUT2D eigenvalue weighted by molar-refractivity contribution is 0.123. The number of nitrogens with one attached hydrogen (secondary N) is 1. The zero-order valence-corrected chi connectivity index (χ0v) is 11.4. The predicted octanol–water partition coefficient (Wildman–Crippen LogP) is 3.51. The zero-order chi connectivity index (χ0) is 11.4. The summed E-state index contributed by atoms with van der Waals surface area (Å²) in [6.45, 7) is 4.32. The Morgan fingerprint density at radius 2 is 2.25 bits per heavy atom. The maximum absolute atomic E-state index is 4.42. The van der Waals surface area contributed by atoms with Gasteiger partial charge in [0.05, 0.1) is 5.69 Å². The lowest BCUT2D eigenvalue weighted by Crippen LogP contribution is -2.39. The Labute approximate surface area is 106 Å². The highest BCUT2D eigenvalue weighted by Crippen LogP contribution is 2.43. The van der Waals surface area contributed by atoms with Crippen LogP contribution in [-0.2, 0) is 6.54 Å². The van der Waals surface area contributed by atoms with Crippen LogP contribution in [0.25, 0.3) is 0 Å². The highest BCUT2D eigenvalue weighted by atomic mass is 79.9. The van der Waals surface area contributed by atoms with Gasteiger partial charge in [-0.1, -0.05) is 19.4 Å². The van der Waals surface area contributed by atoms with Gasteiger partial charge in [0, 0.05) is 13.1 Å². The van der Waals surface area contributed by atoms with Crippen molar-refractivity contribution in [2.75, 3.05) is 6.54 Å². The lowest BCUT2D eigenvalue weighted by atomic mass is 9.67. The molecule has 2 nitrogen and oxygen atoms in total. The fourth-order valence-corrected chi connectivity index (χ4v) is 2.72. The largest absolute Gasteiger partial charge is 0.311 e. The minimum absolute atomic E-state index is 0.589. The van der Waals surface area contributed by atoms with Crippen molar-refractivity contribution < 1.29 is 0 Å². The van der Waals surface area contributed by atoms with E-state index in [1.54, 1.807) is 0 Å². The van der Waals surface area contributed by atoms with E-state index in [9.17, 15) is 0 Å². The van der Waals surface area contributed by atoms with Crippen molar-refractivity contribution in [2.24, 2.45) is 5.41 Å². The van der Waals surface area contributed by atoms with Gasteiger partial charge in [-0.3, -0.25) is 0 Å². The highest BCUT2D eigenvalue weighted by molar-refractivity contribution is 9.10. The van der Waals surface area contributed by atoms with E-state index in [1.807, 2.05) is 12.1 Å². The van der Waals surface area contributed by atoms with E-state index in [1.165, 1.54) is 25.7 Å². The third kappa shape index (κ3) is 2.83. The molecule has 1 saturated carbocycles. The monoisotopic (exact) mass is 282 g/mol. The molecule has 0 spiro atoms. The van der Waals surface area contributed by atoms with Crippen molar-refractivity contribution in [2.45, 2.75) is 39.2 Å². The summed E-state index contributed by atoms with van der Waals surface area (Å²) in [5.74, 6) is 0. The standard InChI is InChI=1S/C13H19BrN2/c1-2-13(7-4-8-13)10-15-9-11-5-3-6-12(14)16-11/h3,5-6,15H,2,4,7-10H2,1H3. The molecule has 1 aliphatic rings. The number of hydrogen-bond donors (Lipinski definition) is 1. The van der Waals surface area contributed by atoms with E-state index in [2.05, 4.69) is 39.2 Å². The first kappa shape index (κ1) is 12.1. The van der Waals surface area contributed by atoms with Gasteiger partial charge in [-0.05, 0) is 52.7 Å². The van der Waals surface area contributed by atoms with Crippen LogP contribution in [0.2, 0.25) is 0 Å². The molecule has 16 heavy (non-hydrogen) atoms. The molecule has 1 aromatic heterocycles. The number of pyridine rings is 1. The fraction of sp³-hybridized carbons (Fsp3) is 0.615. The Morgan fingerprint density at radius 3 is 2.81 bits per heavy atom. The van der Waals surface area contributed by atoms with Crippen LogP contribution >= 0.6 is 15.9 Å². The van der Waals surface area contributed by atoms with Crippen molar-refractivity contribution in [3.63, 3.8) is 0 Å². The Bertz CT molecular complexity index is 342. The first-order valence-electron chi connectivity index (χ1n) is 6.06. The Hall–Kier alpha value is -0.410. The van der Waals surface area contributed by atoms with Crippen LogP contribution in [0.3, 0.4) is 0 Å². The van der Waals surface area contributed by atoms with Gasteiger partial charge in [0.15, 0.2) is 0 Å². The molecule has 0 radical (unpaired) electrons. The second-order valence-corrected chi connectivity index (χ2v) is 5.57. The summed E-state index contributed by atoms with van der Waals surface area (Å²) in [5, 5.41) is 3.54. The molecule has 0 aromatic carbocycles. The molecule has 1 heterocycles. The second kappa shape index (κ2) is 5.28. The normalized spacial score (nSPS) is 18.1. The van der Waals surface area contributed by atoms with Crippen molar-refractivity contribution in [1.82, 2.24) is 10.3 Å². The van der Waals surface area contributed by atoms with E-state index in [-0.39, 0.29) is 0 Å². The summed E-state index contributed by atoms with van der Waals surface area (Å²) < 4.78 is 0.917. The van der Waals surface area contributed by atoms with Crippen LogP contribution in [0.5, 0.6) is 0 Å². The number of nitrogens with zero attached hydrogens (tertiary/aromatic N) is 1. The van der Waals surface area contributed by atoms with Gasteiger partial charge in [0.25, 0.3) is 0 Å². The minimum atomic E-state index is 0.589. The molecule has 2 rings (SSSR count). The molecule has 3 heteroatoms. The van der Waals surface area contributed by atoms with Crippen LogP contribution in [0.1, 0.15) is 38.3 Å². The molecular formula is C13H19BrN2. The summed E-state index contributed by atoms with van der Waals surface area (Å²) in [4.78, 5) is 4.42. The van der Waals surface area contributed by atoms with E-state index >= 15 is 0 Å². The van der Waals surface area contributed by atoms with Gasteiger partial charge < -0.3 is 5.32 Å². The van der Waals surface area contributed by atoms with Crippen LogP contribution < -0.4 is 5.32 Å². The molecule has 0 aliphatic heterocycles. The summed E-state index contributed by atoms with van der Waals surface area (Å²) >= 11 is 3.39. The van der Waals surface area contributed by atoms with Crippen molar-refractivity contribution in [3.8, 4) is 0 Å². The lowest BCUT2D eigenvalue weighted by Gasteiger charge is -2.41. The average Bonchev–Trinajstić information content (AvgIpc) is 2.22. The number of halogens is 1. The van der Waals surface area contributed by atoms with Crippen LogP contribution in [-0.4, -0.2) is 11.5 Å². The third-order valence-electron chi connectivity index (χ3n) is 3.74. The minimum Gasteiger partial charge on any atom is -0.311 e. The Balaban J connectivity index is 1.79. The molecule has 1 aliphatic carbocycles. The SMILES string of the molecule is CCC1(CNCc2cccc(Br)n2)CCC1. The topological polar surface area (TPSA) is 24.9 Å². The second-order valence-electron chi connectivity index (χ2n) is 4.76. The molecule has 1 fully saturated rings. The Kier molecular flexibility index (Phi) is 3.98. The third-order valence-corrected chi connectivity index (χ3v) is 4.18. The Morgan fingerprint density at radius 1 is 1.44 bits per heavy atom. The molecule has 0 unspecified atom stereocenters. The average molecular weight is 283 g/mol. The van der Waals surface area contributed by atoms with Gasteiger partial charge in [-0.15, -0.1) is 0 Å². The highest BCUT2D eigenvalue weighted by Gasteiger charge is 2.34. The zero-order valence-electron chi connectivity index (χ0n) is 9.80. The quantitative estimate of drug-likeness (QED) is 0.836. The van der Waals surface area contributed by atoms with Gasteiger partial charge in [-0.2, -0.15) is 0 Å². The smallest absolute Gasteiger partial charge is 0.106 e. The number of hydrogen-bond acceptors (Lipinski definition) is 2. The molecule has 1 N–H and O–H groups in total. The molecule has 88 valence electrons. The first-order chi connectivity index (χ1) is 7.74. The van der Waals surface area contributed by atoms with Crippen molar-refractivity contribution >= 4 is 15.9 Å². The van der Waals surface area contributed by atoms with Gasteiger partial charge in [0.2, 0.25) is 0 Å². The number of rotatable bonds is 5. The van der Waals surface area contributed by atoms with Crippen LogP contribution in [0.4, 0.5) is 0 Å². The maximum Gasteiger partial charge on any atom is 0.106 e. The summed E-state index contributed by atoms with van der Waals surface area (Å²) in [5.41, 5.74) is 1.70. The van der Waals surface area contributed by atoms with E-state index in [0.29, 0.717) is 5.41 Å². The molecule has 0 atom stereocenters. The van der Waals surface area contributed by atoms with Crippen molar-refractivity contribution in [1.29, 1.82) is 0 Å². The van der Waals surface area contributed by atoms with Crippen LogP contribution in [0, 0.1) is 5.41 Å². The summed E-state index contributed by atoms with van der Waals surface area (Å²) in [7, 11) is 0. The van der Waals surface area contributed by atoms with Crippen LogP contribution in [0.15, 0.2) is 22.8 Å². The molecule has 0 amide bonds. The van der Waals surface area contributed by atoms with Gasteiger partial charge in [-0.25, -0.2) is 4.98 Å². The van der Waals surface area contributed by atoms with Crippen molar-refractivity contribution in [3.05, 3.63) is 28.5 Å².